The van der Waals surface area contributed by atoms with Crippen molar-refractivity contribution in [1.29, 1.82) is 0 Å². The summed E-state index contributed by atoms with van der Waals surface area (Å²) < 4.78 is 4.96. The second-order valence-corrected chi connectivity index (χ2v) is 6.25. The van der Waals surface area contributed by atoms with Crippen molar-refractivity contribution in [3.63, 3.8) is 0 Å². The van der Waals surface area contributed by atoms with Crippen LogP contribution in [-0.2, 0) is 4.79 Å². The molecule has 1 heterocycles. The van der Waals surface area contributed by atoms with E-state index in [0.717, 1.165) is 42.0 Å². The molecule has 0 spiro atoms. The van der Waals surface area contributed by atoms with E-state index in [9.17, 15) is 4.79 Å². The second-order valence-electron chi connectivity index (χ2n) is 6.25. The first-order valence-electron chi connectivity index (χ1n) is 7.46. The zero-order valence-electron chi connectivity index (χ0n) is 12.4. The van der Waals surface area contributed by atoms with Crippen LogP contribution in [-0.4, -0.2) is 23.0 Å². The predicted molar refractivity (Wildman–Crippen MR) is 82.4 cm³/mol. The standard InChI is InChI=1S/C17H17N3O2/c1-22-16-18-9-13(10-19-16)12-3-2-4-14(5-12)20-15(21)17-6-11(7-17)8-17/h2-5,9-11H,6-8H2,1H3,(H,20,21). The number of rotatable bonds is 4. The number of anilines is 1. The van der Waals surface area contributed by atoms with Crippen molar-refractivity contribution in [2.75, 3.05) is 12.4 Å². The zero-order chi connectivity index (χ0) is 15.2. The van der Waals surface area contributed by atoms with Crippen molar-refractivity contribution in [3.05, 3.63) is 36.7 Å². The van der Waals surface area contributed by atoms with Crippen LogP contribution in [0.5, 0.6) is 6.01 Å². The summed E-state index contributed by atoms with van der Waals surface area (Å²) in [5.74, 6) is 0.965. The number of hydrogen-bond acceptors (Lipinski definition) is 4. The van der Waals surface area contributed by atoms with Crippen LogP contribution in [0.4, 0.5) is 5.69 Å². The van der Waals surface area contributed by atoms with Gasteiger partial charge < -0.3 is 10.1 Å². The van der Waals surface area contributed by atoms with Crippen molar-refractivity contribution in [3.8, 4) is 17.1 Å². The van der Waals surface area contributed by atoms with Gasteiger partial charge in [0.05, 0.1) is 12.5 Å². The molecule has 3 fully saturated rings. The van der Waals surface area contributed by atoms with Gasteiger partial charge in [0.25, 0.3) is 0 Å². The van der Waals surface area contributed by atoms with Crippen LogP contribution >= 0.6 is 0 Å². The minimum Gasteiger partial charge on any atom is -0.467 e. The van der Waals surface area contributed by atoms with Crippen molar-refractivity contribution >= 4 is 11.6 Å². The van der Waals surface area contributed by atoms with Crippen molar-refractivity contribution in [1.82, 2.24) is 9.97 Å². The Bertz CT molecular complexity index is 710. The molecule has 3 saturated carbocycles. The third-order valence-corrected chi connectivity index (χ3v) is 4.78. The molecule has 0 aliphatic heterocycles. The Kier molecular flexibility index (Phi) is 2.89. The summed E-state index contributed by atoms with van der Waals surface area (Å²) in [5, 5.41) is 3.05. The molecule has 112 valence electrons. The van der Waals surface area contributed by atoms with Gasteiger partial charge in [-0.05, 0) is 42.9 Å². The molecule has 3 aliphatic rings. The molecule has 22 heavy (non-hydrogen) atoms. The number of nitrogens with zero attached hydrogens (tertiary/aromatic N) is 2. The average Bonchev–Trinajstić information content (AvgIpc) is 2.44. The van der Waals surface area contributed by atoms with Gasteiger partial charge in [0.15, 0.2) is 0 Å². The Labute approximate surface area is 128 Å². The zero-order valence-corrected chi connectivity index (χ0v) is 12.4. The fourth-order valence-electron chi connectivity index (χ4n) is 3.37. The Balaban J connectivity index is 1.53. The molecule has 0 saturated heterocycles. The lowest BCUT2D eigenvalue weighted by molar-refractivity contribution is -0.158. The lowest BCUT2D eigenvalue weighted by Gasteiger charge is -2.60. The molecular formula is C17H17N3O2. The number of benzene rings is 1. The molecule has 0 radical (unpaired) electrons. The van der Waals surface area contributed by atoms with Crippen LogP contribution in [0.15, 0.2) is 36.7 Å². The minimum absolute atomic E-state index is 0.0656. The summed E-state index contributed by atoms with van der Waals surface area (Å²) in [6.07, 6.45) is 6.61. The van der Waals surface area contributed by atoms with Gasteiger partial charge in [-0.2, -0.15) is 0 Å². The maximum atomic E-state index is 12.3. The lowest BCUT2D eigenvalue weighted by atomic mass is 9.44. The van der Waals surface area contributed by atoms with Gasteiger partial charge in [-0.3, -0.25) is 4.79 Å². The maximum absolute atomic E-state index is 12.3. The molecule has 1 amide bonds. The smallest absolute Gasteiger partial charge is 0.316 e. The van der Waals surface area contributed by atoms with E-state index in [-0.39, 0.29) is 11.3 Å². The van der Waals surface area contributed by atoms with Gasteiger partial charge in [-0.15, -0.1) is 0 Å². The van der Waals surface area contributed by atoms with Crippen LogP contribution < -0.4 is 10.1 Å². The summed E-state index contributed by atoms with van der Waals surface area (Å²) in [7, 11) is 1.54. The van der Waals surface area contributed by atoms with Crippen molar-refractivity contribution < 1.29 is 9.53 Å². The summed E-state index contributed by atoms with van der Waals surface area (Å²) in [5.41, 5.74) is 2.62. The number of amides is 1. The fourth-order valence-corrected chi connectivity index (χ4v) is 3.37. The molecular weight excluding hydrogens is 278 g/mol. The molecule has 0 unspecified atom stereocenters. The van der Waals surface area contributed by atoms with Crippen LogP contribution in [0.25, 0.3) is 11.1 Å². The lowest BCUT2D eigenvalue weighted by Crippen LogP contribution is -2.58. The third kappa shape index (κ3) is 2.04. The number of hydrogen-bond donors (Lipinski definition) is 1. The SMILES string of the molecule is COc1ncc(-c2cccc(NC(=O)C34CC(C3)C4)c2)cn1. The second kappa shape index (κ2) is 4.80. The monoisotopic (exact) mass is 295 g/mol. The molecule has 5 rings (SSSR count). The molecule has 1 aromatic carbocycles. The molecule has 1 N–H and O–H groups in total. The van der Waals surface area contributed by atoms with Crippen LogP contribution in [0.2, 0.25) is 0 Å². The Hall–Kier alpha value is -2.43. The van der Waals surface area contributed by atoms with Crippen LogP contribution in [0, 0.1) is 11.3 Å². The molecule has 5 nitrogen and oxygen atoms in total. The largest absolute Gasteiger partial charge is 0.467 e. The van der Waals surface area contributed by atoms with E-state index in [1.807, 2.05) is 24.3 Å². The van der Waals surface area contributed by atoms with Gasteiger partial charge in [-0.25, -0.2) is 9.97 Å². The van der Waals surface area contributed by atoms with E-state index >= 15 is 0 Å². The highest BCUT2D eigenvalue weighted by molar-refractivity contribution is 5.97. The Morgan fingerprint density at radius 3 is 2.55 bits per heavy atom. The highest BCUT2D eigenvalue weighted by atomic mass is 16.5. The number of ether oxygens (including phenoxy) is 1. The predicted octanol–water partition coefficient (Wildman–Crippen LogP) is 2.89. The molecule has 2 bridgehead atoms. The van der Waals surface area contributed by atoms with E-state index in [4.69, 9.17) is 4.74 Å². The van der Waals surface area contributed by atoms with Gasteiger partial charge in [0.2, 0.25) is 5.91 Å². The first-order valence-corrected chi connectivity index (χ1v) is 7.46. The first-order chi connectivity index (χ1) is 10.7. The number of carbonyl (C=O) groups is 1. The van der Waals surface area contributed by atoms with Crippen LogP contribution in [0.3, 0.4) is 0 Å². The van der Waals surface area contributed by atoms with Crippen LogP contribution in [0.1, 0.15) is 19.3 Å². The van der Waals surface area contributed by atoms with E-state index in [2.05, 4.69) is 15.3 Å². The molecule has 1 aromatic heterocycles. The Morgan fingerprint density at radius 2 is 1.95 bits per heavy atom. The number of methoxy groups -OCH3 is 1. The van der Waals surface area contributed by atoms with Gasteiger partial charge >= 0.3 is 6.01 Å². The van der Waals surface area contributed by atoms with E-state index < -0.39 is 0 Å². The highest BCUT2D eigenvalue weighted by Crippen LogP contribution is 2.64. The number of nitrogens with one attached hydrogen (secondary N) is 1. The average molecular weight is 295 g/mol. The molecule has 3 aliphatic carbocycles. The first kappa shape index (κ1) is 13.2. The van der Waals surface area contributed by atoms with Crippen molar-refractivity contribution in [2.24, 2.45) is 11.3 Å². The number of aromatic nitrogens is 2. The number of carbonyl (C=O) groups excluding carboxylic acids is 1. The summed E-state index contributed by atoms with van der Waals surface area (Å²) in [6, 6.07) is 8.11. The van der Waals surface area contributed by atoms with Gasteiger partial charge in [0.1, 0.15) is 0 Å². The minimum atomic E-state index is -0.0656. The van der Waals surface area contributed by atoms with Gasteiger partial charge in [0, 0.05) is 23.6 Å². The third-order valence-electron chi connectivity index (χ3n) is 4.78. The summed E-state index contributed by atoms with van der Waals surface area (Å²) in [4.78, 5) is 20.6. The molecule has 0 atom stereocenters. The topological polar surface area (TPSA) is 64.1 Å². The summed E-state index contributed by atoms with van der Waals surface area (Å²) >= 11 is 0. The molecule has 2 aromatic rings. The summed E-state index contributed by atoms with van der Waals surface area (Å²) in [6.45, 7) is 0. The van der Waals surface area contributed by atoms with E-state index in [0.29, 0.717) is 6.01 Å². The highest BCUT2D eigenvalue weighted by Gasteiger charge is 2.61. The maximum Gasteiger partial charge on any atom is 0.316 e. The van der Waals surface area contributed by atoms with Crippen molar-refractivity contribution in [2.45, 2.75) is 19.3 Å². The fraction of sp³-hybridized carbons (Fsp3) is 0.353. The van der Waals surface area contributed by atoms with Gasteiger partial charge in [-0.1, -0.05) is 12.1 Å². The molecule has 5 heteroatoms. The Morgan fingerprint density at radius 1 is 1.23 bits per heavy atom. The van der Waals surface area contributed by atoms with E-state index in [1.54, 1.807) is 12.4 Å². The quantitative estimate of drug-likeness (QED) is 0.942. The normalized spacial score (nSPS) is 24.9. The van der Waals surface area contributed by atoms with E-state index in [1.165, 1.54) is 7.11 Å².